The Kier molecular flexibility index (Phi) is 16.2. The van der Waals surface area contributed by atoms with Crippen LogP contribution in [0.5, 0.6) is 0 Å². The lowest BCUT2D eigenvalue weighted by Crippen LogP contribution is -2.71. The molecule has 0 saturated carbocycles. The van der Waals surface area contributed by atoms with Crippen LogP contribution >= 0.6 is 34.9 Å². The van der Waals surface area contributed by atoms with Crippen LogP contribution in [0.1, 0.15) is 56.3 Å². The SMILES string of the molecule is O=C(OC(c1ccccc1)c1ccccc1)C1=C(SC2COCOC2)CS[C@H]2C(NC(=O)/C(=N\OC(c3ccccc3)(c3ccccc3)c3ccccc3)c3csc(NC(c4ccccc4)(c4ccccc4)c4ccccc4)n3)C(=O)N12. The molecule has 0 bridgehead atoms. The number of benzene rings is 8. The van der Waals surface area contributed by atoms with Gasteiger partial charge in [-0.1, -0.05) is 248 Å². The Morgan fingerprint density at radius 3 is 1.52 bits per heavy atom. The smallest absolute Gasteiger partial charge is 0.356 e. The van der Waals surface area contributed by atoms with E-state index in [0.29, 0.717) is 29.0 Å². The van der Waals surface area contributed by atoms with E-state index in [1.165, 1.54) is 39.8 Å². The largest absolute Gasteiger partial charge is 0.448 e. The summed E-state index contributed by atoms with van der Waals surface area (Å²) in [5.41, 5.74) is 4.52. The fraction of sp³-hybridized carbons (Fsp3) is 0.149. The summed E-state index contributed by atoms with van der Waals surface area (Å²) < 4.78 is 17.8. The van der Waals surface area contributed by atoms with Crippen LogP contribution in [0, 0.1) is 0 Å². The van der Waals surface area contributed by atoms with Gasteiger partial charge < -0.3 is 29.7 Å². The van der Waals surface area contributed by atoms with Crippen LogP contribution in [0.15, 0.2) is 264 Å². The minimum absolute atomic E-state index is 0.122. The second-order valence-corrected chi connectivity index (χ2v) is 23.0. The van der Waals surface area contributed by atoms with Gasteiger partial charge in [-0.05, 0) is 27.8 Å². The standard InChI is InChI=1S/C67H55N5O7S3/c73-61(69-58-62(74)72-59(56(44-80-63(58)72)82-54-41-76-45-77-42-54)64(75)78-60(46-25-9-1-10-26-46)47-27-11-2-12-28-47)57(71-79-67(51-35-19-6-20-36-51,52-37-21-7-22-38-52)53-39-23-8-24-40-53)55-43-81-65(68-55)70-66(48-29-13-3-14-30-48,49-31-15-4-16-32-49)50-33-17-5-18-34-50/h1-40,43,54,58,60,63H,41-42,44-45H2,(H,68,70)(H,69,73)/b71-57-/t58?,63-/m0/s1. The molecule has 0 radical (unpaired) electrons. The number of amides is 2. The molecule has 9 aromatic rings. The van der Waals surface area contributed by atoms with Crippen LogP contribution in [0.3, 0.4) is 0 Å². The van der Waals surface area contributed by atoms with E-state index in [1.54, 1.807) is 5.38 Å². The molecule has 0 spiro atoms. The molecular weight excluding hydrogens is 1080 g/mol. The molecule has 4 heterocycles. The molecular formula is C67H55N5O7S3. The fourth-order valence-electron chi connectivity index (χ4n) is 10.7. The molecule has 2 fully saturated rings. The summed E-state index contributed by atoms with van der Waals surface area (Å²) in [5, 5.41) is 13.2. The van der Waals surface area contributed by atoms with Gasteiger partial charge in [0, 0.05) is 32.7 Å². The van der Waals surface area contributed by atoms with E-state index in [4.69, 9.17) is 29.2 Å². The Hall–Kier alpha value is -8.57. The number of esters is 1. The number of β-lactam (4-membered cyclic amide) rings is 1. The predicted molar refractivity (Wildman–Crippen MR) is 323 cm³/mol. The maximum absolute atomic E-state index is 15.6. The number of nitrogens with one attached hydrogen (secondary N) is 2. The van der Waals surface area contributed by atoms with Crippen molar-refractivity contribution in [1.82, 2.24) is 15.2 Å². The summed E-state index contributed by atoms with van der Waals surface area (Å²) in [6.07, 6.45) is -0.779. The summed E-state index contributed by atoms with van der Waals surface area (Å²) >= 11 is 4.19. The van der Waals surface area contributed by atoms with Gasteiger partial charge in [0.15, 0.2) is 16.9 Å². The van der Waals surface area contributed by atoms with Crippen LogP contribution in [0.25, 0.3) is 0 Å². The highest BCUT2D eigenvalue weighted by atomic mass is 32.2. The number of carbonyl (C=O) groups is 3. The predicted octanol–water partition coefficient (Wildman–Crippen LogP) is 12.3. The van der Waals surface area contributed by atoms with E-state index >= 15 is 9.59 Å². The number of nitrogens with zero attached hydrogens (tertiary/aromatic N) is 3. The molecule has 2 amide bonds. The number of oxime groups is 1. The van der Waals surface area contributed by atoms with Gasteiger partial charge in [-0.2, -0.15) is 0 Å². The summed E-state index contributed by atoms with van der Waals surface area (Å²) in [4.78, 5) is 59.9. The van der Waals surface area contributed by atoms with Crippen molar-refractivity contribution in [2.75, 3.05) is 31.1 Å². The highest BCUT2D eigenvalue weighted by Gasteiger charge is 2.55. The number of thiazole rings is 1. The zero-order chi connectivity index (χ0) is 55.7. The maximum atomic E-state index is 15.6. The van der Waals surface area contributed by atoms with Gasteiger partial charge in [0.1, 0.15) is 35.1 Å². The highest BCUT2D eigenvalue weighted by Crippen LogP contribution is 2.47. The van der Waals surface area contributed by atoms with Crippen molar-refractivity contribution in [3.63, 3.8) is 0 Å². The third kappa shape index (κ3) is 10.9. The van der Waals surface area contributed by atoms with Crippen LogP contribution in [0.2, 0.25) is 0 Å². The Balaban J connectivity index is 0.932. The molecule has 2 atom stereocenters. The Labute approximate surface area is 488 Å². The highest BCUT2D eigenvalue weighted by molar-refractivity contribution is 8.06. The number of hydrogen-bond donors (Lipinski definition) is 2. The van der Waals surface area contributed by atoms with Crippen molar-refractivity contribution in [3.05, 3.63) is 309 Å². The van der Waals surface area contributed by atoms with Gasteiger partial charge in [0.25, 0.3) is 11.8 Å². The average Bonchev–Trinajstić information content (AvgIpc) is 3.28. The number of carbonyl (C=O) groups excluding carboxylic acids is 3. The number of rotatable bonds is 19. The van der Waals surface area contributed by atoms with Crippen molar-refractivity contribution in [1.29, 1.82) is 0 Å². The van der Waals surface area contributed by atoms with Gasteiger partial charge in [0.05, 0.1) is 18.5 Å². The third-order valence-electron chi connectivity index (χ3n) is 14.6. The van der Waals surface area contributed by atoms with E-state index in [9.17, 15) is 4.79 Å². The van der Waals surface area contributed by atoms with E-state index in [2.05, 4.69) is 47.0 Å². The molecule has 2 saturated heterocycles. The first-order valence-electron chi connectivity index (χ1n) is 26.9. The number of ether oxygens (including phenoxy) is 3. The van der Waals surface area contributed by atoms with Crippen molar-refractivity contribution in [3.8, 4) is 0 Å². The van der Waals surface area contributed by atoms with E-state index in [0.717, 1.165) is 44.5 Å². The normalized spacial score (nSPS) is 16.7. The number of thioether (sulfide) groups is 2. The Morgan fingerprint density at radius 1 is 0.622 bits per heavy atom. The van der Waals surface area contributed by atoms with Crippen molar-refractivity contribution in [2.45, 2.75) is 33.9 Å². The third-order valence-corrected chi connectivity index (χ3v) is 18.1. The molecule has 15 heteroatoms. The molecule has 3 aliphatic rings. The Bertz CT molecular complexity index is 3460. The summed E-state index contributed by atoms with van der Waals surface area (Å²) in [6, 6.07) is 77.7. The molecule has 1 unspecified atom stereocenters. The van der Waals surface area contributed by atoms with Crippen LogP contribution in [-0.4, -0.2) is 75.8 Å². The van der Waals surface area contributed by atoms with Gasteiger partial charge >= 0.3 is 5.97 Å². The summed E-state index contributed by atoms with van der Waals surface area (Å²) in [6.45, 7) is 0.982. The molecule has 82 heavy (non-hydrogen) atoms. The molecule has 1 aromatic heterocycles. The van der Waals surface area contributed by atoms with E-state index in [1.807, 2.05) is 206 Å². The second kappa shape index (κ2) is 24.7. The lowest BCUT2D eigenvalue weighted by molar-refractivity contribution is -0.154. The molecule has 12 nitrogen and oxygen atoms in total. The van der Waals surface area contributed by atoms with Crippen LogP contribution in [0.4, 0.5) is 5.13 Å². The van der Waals surface area contributed by atoms with Crippen molar-refractivity contribution >= 4 is 63.5 Å². The molecule has 12 rings (SSSR count). The average molecular weight is 1140 g/mol. The first-order chi connectivity index (χ1) is 40.4. The van der Waals surface area contributed by atoms with Gasteiger partial charge in [0.2, 0.25) is 5.60 Å². The Morgan fingerprint density at radius 2 is 1.06 bits per heavy atom. The lowest BCUT2D eigenvalue weighted by atomic mass is 9.77. The first kappa shape index (κ1) is 54.0. The van der Waals surface area contributed by atoms with Crippen molar-refractivity contribution < 1.29 is 33.4 Å². The molecule has 8 aromatic carbocycles. The summed E-state index contributed by atoms with van der Waals surface area (Å²) in [7, 11) is 0. The summed E-state index contributed by atoms with van der Waals surface area (Å²) in [5.74, 6) is -1.53. The zero-order valence-corrected chi connectivity index (χ0v) is 46.7. The van der Waals surface area contributed by atoms with Crippen molar-refractivity contribution in [2.24, 2.45) is 5.16 Å². The van der Waals surface area contributed by atoms with E-state index < -0.39 is 46.4 Å². The molecule has 2 N–H and O–H groups in total. The topological polar surface area (TPSA) is 141 Å². The number of anilines is 1. The number of hydrogen-bond acceptors (Lipinski definition) is 13. The lowest BCUT2D eigenvalue weighted by Gasteiger charge is -2.49. The number of fused-ring (bicyclic) bond motifs is 1. The van der Waals surface area contributed by atoms with E-state index in [-0.39, 0.29) is 29.1 Å². The van der Waals surface area contributed by atoms with Gasteiger partial charge in [-0.25, -0.2) is 9.78 Å². The maximum Gasteiger partial charge on any atom is 0.356 e. The first-order valence-corrected chi connectivity index (χ1v) is 29.7. The van der Waals surface area contributed by atoms with Gasteiger partial charge in [-0.15, -0.1) is 34.9 Å². The molecule has 0 aliphatic carbocycles. The van der Waals surface area contributed by atoms with Crippen LogP contribution in [-0.2, 0) is 44.6 Å². The fourth-order valence-corrected chi connectivity index (χ4v) is 14.2. The monoisotopic (exact) mass is 1140 g/mol. The van der Waals surface area contributed by atoms with Crippen LogP contribution < -0.4 is 10.6 Å². The number of aromatic nitrogens is 1. The van der Waals surface area contributed by atoms with Gasteiger partial charge in [-0.3, -0.25) is 14.5 Å². The molecule has 408 valence electrons. The second-order valence-electron chi connectivity index (χ2n) is 19.7. The quantitative estimate of drug-likeness (QED) is 0.0263. The zero-order valence-electron chi connectivity index (χ0n) is 44.2. The minimum Gasteiger partial charge on any atom is -0.448 e. The minimum atomic E-state index is -1.38. The molecule has 3 aliphatic heterocycles.